The molecular formula is C18H16F2N2O. The molecule has 1 heterocycles. The Labute approximate surface area is 132 Å². The zero-order chi connectivity index (χ0) is 16.1. The Morgan fingerprint density at radius 1 is 1.00 bits per heavy atom. The van der Waals surface area contributed by atoms with Crippen LogP contribution >= 0.6 is 0 Å². The molecule has 0 aliphatic rings. The third-order valence-electron chi connectivity index (χ3n) is 3.60. The monoisotopic (exact) mass is 314 g/mol. The van der Waals surface area contributed by atoms with Gasteiger partial charge in [-0.25, -0.2) is 8.78 Å². The van der Waals surface area contributed by atoms with Crippen LogP contribution in [-0.4, -0.2) is 5.16 Å². The van der Waals surface area contributed by atoms with Gasteiger partial charge in [0, 0.05) is 18.7 Å². The Bertz CT molecular complexity index is 759. The maximum atomic E-state index is 13.5. The summed E-state index contributed by atoms with van der Waals surface area (Å²) in [5, 5.41) is 7.17. The molecular weight excluding hydrogens is 298 g/mol. The summed E-state index contributed by atoms with van der Waals surface area (Å²) in [6, 6.07) is 14.4. The highest BCUT2D eigenvalue weighted by atomic mass is 19.1. The molecule has 0 saturated carbocycles. The second-order valence-corrected chi connectivity index (χ2v) is 5.31. The maximum absolute atomic E-state index is 13.5. The second kappa shape index (κ2) is 7.15. The maximum Gasteiger partial charge on any atom is 0.124 e. The van der Waals surface area contributed by atoms with Crippen LogP contribution in [0.5, 0.6) is 0 Å². The molecule has 0 aliphatic heterocycles. The van der Waals surface area contributed by atoms with Crippen molar-refractivity contribution >= 4 is 0 Å². The summed E-state index contributed by atoms with van der Waals surface area (Å²) in [4.78, 5) is 0. The van der Waals surface area contributed by atoms with Crippen LogP contribution in [0.3, 0.4) is 0 Å². The molecule has 0 radical (unpaired) electrons. The zero-order valence-electron chi connectivity index (χ0n) is 12.4. The number of halogens is 2. The lowest BCUT2D eigenvalue weighted by Crippen LogP contribution is -2.23. The molecule has 0 amide bonds. The summed E-state index contributed by atoms with van der Waals surface area (Å²) in [5.41, 5.74) is 2.40. The minimum Gasteiger partial charge on any atom is -0.364 e. The van der Waals surface area contributed by atoms with Gasteiger partial charge in [0.25, 0.3) is 0 Å². The van der Waals surface area contributed by atoms with Crippen molar-refractivity contribution in [1.82, 2.24) is 10.5 Å². The van der Waals surface area contributed by atoms with Gasteiger partial charge in [0.2, 0.25) is 0 Å². The summed E-state index contributed by atoms with van der Waals surface area (Å²) in [5.74, 6) is -0.577. The van der Waals surface area contributed by atoms with E-state index >= 15 is 0 Å². The smallest absolute Gasteiger partial charge is 0.124 e. The van der Waals surface area contributed by atoms with Gasteiger partial charge in [-0.15, -0.1) is 0 Å². The third kappa shape index (κ3) is 4.23. The van der Waals surface area contributed by atoms with E-state index in [0.717, 1.165) is 16.8 Å². The molecule has 3 rings (SSSR count). The Kier molecular flexibility index (Phi) is 4.78. The summed E-state index contributed by atoms with van der Waals surface area (Å²) < 4.78 is 31.7. The van der Waals surface area contributed by atoms with Crippen molar-refractivity contribution in [1.29, 1.82) is 0 Å². The van der Waals surface area contributed by atoms with Crippen molar-refractivity contribution in [3.8, 4) is 0 Å². The second-order valence-electron chi connectivity index (χ2n) is 5.31. The molecule has 0 saturated heterocycles. The van der Waals surface area contributed by atoms with Crippen LogP contribution in [-0.2, 0) is 13.0 Å². The molecule has 118 valence electrons. The van der Waals surface area contributed by atoms with Crippen molar-refractivity contribution in [2.24, 2.45) is 0 Å². The van der Waals surface area contributed by atoms with Crippen LogP contribution in [0.2, 0.25) is 0 Å². The van der Waals surface area contributed by atoms with Gasteiger partial charge >= 0.3 is 0 Å². The molecule has 2 aromatic carbocycles. The average Bonchev–Trinajstić information content (AvgIpc) is 3.05. The van der Waals surface area contributed by atoms with Gasteiger partial charge in [-0.2, -0.15) is 0 Å². The molecule has 3 nitrogen and oxygen atoms in total. The van der Waals surface area contributed by atoms with Crippen LogP contribution < -0.4 is 5.32 Å². The van der Waals surface area contributed by atoms with Gasteiger partial charge in [-0.3, -0.25) is 0 Å². The first-order chi connectivity index (χ1) is 11.2. The zero-order valence-corrected chi connectivity index (χ0v) is 12.4. The third-order valence-corrected chi connectivity index (χ3v) is 3.60. The Balaban J connectivity index is 1.80. The number of aromatic nitrogens is 1. The van der Waals surface area contributed by atoms with E-state index in [-0.39, 0.29) is 17.7 Å². The predicted molar refractivity (Wildman–Crippen MR) is 82.6 cm³/mol. The first-order valence-electron chi connectivity index (χ1n) is 7.33. The molecule has 0 bridgehead atoms. The van der Waals surface area contributed by atoms with Gasteiger partial charge in [0.05, 0.1) is 5.69 Å². The number of hydrogen-bond acceptors (Lipinski definition) is 3. The van der Waals surface area contributed by atoms with Crippen molar-refractivity contribution in [3.05, 3.63) is 89.3 Å². The Morgan fingerprint density at radius 2 is 1.78 bits per heavy atom. The number of hydrogen-bond donors (Lipinski definition) is 1. The molecule has 1 atom stereocenters. The summed E-state index contributed by atoms with van der Waals surface area (Å²) in [6.45, 7) is 0.479. The predicted octanol–water partition coefficient (Wildman–Crippen LogP) is 4.03. The Hall–Kier alpha value is -2.53. The van der Waals surface area contributed by atoms with E-state index in [1.807, 2.05) is 12.1 Å². The van der Waals surface area contributed by atoms with Crippen LogP contribution in [0.1, 0.15) is 22.9 Å². The van der Waals surface area contributed by atoms with E-state index < -0.39 is 0 Å². The number of rotatable bonds is 6. The van der Waals surface area contributed by atoms with E-state index in [4.69, 9.17) is 4.52 Å². The Morgan fingerprint density at radius 3 is 2.48 bits per heavy atom. The topological polar surface area (TPSA) is 38.1 Å². The van der Waals surface area contributed by atoms with Crippen molar-refractivity contribution in [3.63, 3.8) is 0 Å². The lowest BCUT2D eigenvalue weighted by molar-refractivity contribution is 0.404. The van der Waals surface area contributed by atoms with E-state index in [9.17, 15) is 8.78 Å². The molecule has 5 heteroatoms. The van der Waals surface area contributed by atoms with Crippen molar-refractivity contribution in [2.45, 2.75) is 19.0 Å². The quantitative estimate of drug-likeness (QED) is 0.746. The number of benzene rings is 2. The molecule has 23 heavy (non-hydrogen) atoms. The molecule has 1 N–H and O–H groups in total. The van der Waals surface area contributed by atoms with Gasteiger partial charge < -0.3 is 9.84 Å². The van der Waals surface area contributed by atoms with E-state index in [1.165, 1.54) is 30.5 Å². The van der Waals surface area contributed by atoms with Gasteiger partial charge in [-0.05, 0) is 41.8 Å². The fraction of sp³-hybridized carbons (Fsp3) is 0.167. The normalized spacial score (nSPS) is 12.3. The van der Waals surface area contributed by atoms with Gasteiger partial charge in [0.15, 0.2) is 0 Å². The summed E-state index contributed by atoms with van der Waals surface area (Å²) in [6.07, 6.45) is 2.04. The molecule has 3 aromatic rings. The minimum absolute atomic E-state index is 0.163. The van der Waals surface area contributed by atoms with Crippen LogP contribution in [0.4, 0.5) is 8.78 Å². The van der Waals surface area contributed by atoms with Crippen LogP contribution in [0.25, 0.3) is 0 Å². The first kappa shape index (κ1) is 15.4. The van der Waals surface area contributed by atoms with Gasteiger partial charge in [-0.1, -0.05) is 29.4 Å². The molecule has 1 aromatic heterocycles. The highest BCUT2D eigenvalue weighted by molar-refractivity contribution is 5.25. The highest BCUT2D eigenvalue weighted by Crippen LogP contribution is 2.20. The molecule has 0 aliphatic carbocycles. The fourth-order valence-electron chi connectivity index (χ4n) is 2.49. The number of nitrogens with zero attached hydrogens (tertiary/aromatic N) is 1. The number of nitrogens with one attached hydrogen (secondary N) is 1. The lowest BCUT2D eigenvalue weighted by atomic mass is 9.98. The standard InChI is InChI=1S/C18H16F2N2O/c19-15-5-1-3-13(9-15)10-18(14-4-2-6-16(20)11-14)21-12-17-7-8-23-22-17/h1-9,11,18,21H,10,12H2/t18-/m1/s1. The fourth-order valence-corrected chi connectivity index (χ4v) is 2.49. The minimum atomic E-state index is -0.296. The van der Waals surface area contributed by atoms with Gasteiger partial charge in [0.1, 0.15) is 17.9 Å². The van der Waals surface area contributed by atoms with Crippen LogP contribution in [0.15, 0.2) is 65.4 Å². The van der Waals surface area contributed by atoms with Crippen LogP contribution in [0, 0.1) is 11.6 Å². The molecule has 0 spiro atoms. The first-order valence-corrected chi connectivity index (χ1v) is 7.33. The summed E-state index contributed by atoms with van der Waals surface area (Å²) >= 11 is 0. The highest BCUT2D eigenvalue weighted by Gasteiger charge is 2.14. The van der Waals surface area contributed by atoms with Crippen molar-refractivity contribution < 1.29 is 13.3 Å². The molecule has 0 unspecified atom stereocenters. The lowest BCUT2D eigenvalue weighted by Gasteiger charge is -2.19. The average molecular weight is 314 g/mol. The van der Waals surface area contributed by atoms with E-state index in [1.54, 1.807) is 18.2 Å². The largest absolute Gasteiger partial charge is 0.364 e. The summed E-state index contributed by atoms with van der Waals surface area (Å²) in [7, 11) is 0. The SMILES string of the molecule is Fc1cccc(C[C@@H](NCc2ccon2)c2cccc(F)c2)c1. The van der Waals surface area contributed by atoms with Crippen molar-refractivity contribution in [2.75, 3.05) is 0 Å². The van der Waals surface area contributed by atoms with E-state index in [0.29, 0.717) is 13.0 Å². The van der Waals surface area contributed by atoms with E-state index in [2.05, 4.69) is 10.5 Å². The molecule has 0 fully saturated rings.